The Morgan fingerprint density at radius 3 is 3.00 bits per heavy atom. The minimum Gasteiger partial charge on any atom is -0.282 e. The van der Waals surface area contributed by atoms with E-state index in [1.54, 1.807) is 6.07 Å². The zero-order valence-electron chi connectivity index (χ0n) is 6.81. The first kappa shape index (κ1) is 8.65. The Hall–Kier alpha value is -0.940. The van der Waals surface area contributed by atoms with Gasteiger partial charge in [-0.1, -0.05) is 4.49 Å². The van der Waals surface area contributed by atoms with E-state index in [0.29, 0.717) is 5.56 Å². The smallest absolute Gasteiger partial charge is 0.217 e. The summed E-state index contributed by atoms with van der Waals surface area (Å²) in [6.07, 6.45) is 0. The number of rotatable bonds is 1. The molecule has 13 heavy (non-hydrogen) atoms. The number of aromatic nitrogens is 2. The molecule has 5 heteroatoms. The van der Waals surface area contributed by atoms with Gasteiger partial charge in [-0.3, -0.25) is 4.79 Å². The van der Waals surface area contributed by atoms with Crippen LogP contribution >= 0.6 is 24.2 Å². The zero-order valence-corrected chi connectivity index (χ0v) is 8.52. The van der Waals surface area contributed by atoms with Gasteiger partial charge in [0.2, 0.25) is 5.12 Å². The van der Waals surface area contributed by atoms with Crippen molar-refractivity contribution in [3.63, 3.8) is 0 Å². The van der Waals surface area contributed by atoms with E-state index in [-0.39, 0.29) is 5.12 Å². The van der Waals surface area contributed by atoms with Crippen LogP contribution in [0.4, 0.5) is 0 Å². The van der Waals surface area contributed by atoms with E-state index in [1.807, 2.05) is 13.0 Å². The summed E-state index contributed by atoms with van der Waals surface area (Å²) in [5.74, 6) is 0. The fraction of sp³-hybridized carbons (Fsp3) is 0.125. The number of carbonyl (C=O) groups is 1. The van der Waals surface area contributed by atoms with Crippen LogP contribution in [0.1, 0.15) is 15.9 Å². The molecule has 66 valence electrons. The summed E-state index contributed by atoms with van der Waals surface area (Å²) in [6, 6.07) is 3.70. The maximum Gasteiger partial charge on any atom is 0.217 e. The molecular weight excluding hydrogens is 204 g/mol. The Morgan fingerprint density at radius 2 is 2.31 bits per heavy atom. The standard InChI is InChI=1S/C8H6N2OS2/c1-4-2-5(8(11)12)7-6(3-4)9-10-13-7/h2-3H,1H3,(H,11,12). The Balaban J connectivity index is 2.84. The highest BCUT2D eigenvalue weighted by atomic mass is 32.1. The van der Waals surface area contributed by atoms with Gasteiger partial charge in [-0.25, -0.2) is 0 Å². The molecular formula is C8H6N2OS2. The van der Waals surface area contributed by atoms with E-state index in [0.717, 1.165) is 15.8 Å². The summed E-state index contributed by atoms with van der Waals surface area (Å²) in [6.45, 7) is 1.92. The van der Waals surface area contributed by atoms with Gasteiger partial charge in [-0.15, -0.1) is 17.7 Å². The second kappa shape index (κ2) is 3.08. The van der Waals surface area contributed by atoms with Gasteiger partial charge in [0.05, 0.1) is 4.70 Å². The van der Waals surface area contributed by atoms with Gasteiger partial charge in [0.25, 0.3) is 0 Å². The third-order valence-electron chi connectivity index (χ3n) is 1.72. The van der Waals surface area contributed by atoms with E-state index in [2.05, 4.69) is 22.2 Å². The fourth-order valence-corrected chi connectivity index (χ4v) is 2.09. The van der Waals surface area contributed by atoms with Crippen molar-refractivity contribution in [1.29, 1.82) is 0 Å². The van der Waals surface area contributed by atoms with Gasteiger partial charge in [0.15, 0.2) is 0 Å². The van der Waals surface area contributed by atoms with Crippen LogP contribution in [-0.2, 0) is 0 Å². The maximum atomic E-state index is 11.1. The summed E-state index contributed by atoms with van der Waals surface area (Å²) >= 11 is 5.02. The molecule has 0 aliphatic heterocycles. The second-order valence-electron chi connectivity index (χ2n) is 2.74. The van der Waals surface area contributed by atoms with Crippen molar-refractivity contribution >= 4 is 39.5 Å². The van der Waals surface area contributed by atoms with Gasteiger partial charge in [0, 0.05) is 5.56 Å². The van der Waals surface area contributed by atoms with Crippen molar-refractivity contribution < 1.29 is 4.79 Å². The van der Waals surface area contributed by atoms with E-state index in [4.69, 9.17) is 0 Å². The number of nitrogens with zero attached hydrogens (tertiary/aromatic N) is 2. The Labute approximate surface area is 84.3 Å². The minimum atomic E-state index is -0.236. The number of carbonyl (C=O) groups excluding carboxylic acids is 1. The van der Waals surface area contributed by atoms with Crippen molar-refractivity contribution in [3.05, 3.63) is 23.3 Å². The highest BCUT2D eigenvalue weighted by molar-refractivity contribution is 7.97. The number of hydrogen-bond donors (Lipinski definition) is 1. The summed E-state index contributed by atoms with van der Waals surface area (Å²) in [7, 11) is 0. The van der Waals surface area contributed by atoms with Crippen LogP contribution in [0.25, 0.3) is 10.2 Å². The molecule has 0 saturated carbocycles. The molecule has 0 radical (unpaired) electrons. The van der Waals surface area contributed by atoms with E-state index < -0.39 is 0 Å². The van der Waals surface area contributed by atoms with Gasteiger partial charge >= 0.3 is 0 Å². The predicted molar refractivity (Wildman–Crippen MR) is 55.5 cm³/mol. The van der Waals surface area contributed by atoms with E-state index >= 15 is 0 Å². The average Bonchev–Trinajstić information content (AvgIpc) is 2.49. The molecule has 0 fully saturated rings. The van der Waals surface area contributed by atoms with Crippen LogP contribution in [-0.4, -0.2) is 14.7 Å². The molecule has 1 aromatic carbocycles. The Morgan fingerprint density at radius 1 is 1.54 bits per heavy atom. The van der Waals surface area contributed by atoms with Gasteiger partial charge < -0.3 is 0 Å². The van der Waals surface area contributed by atoms with Crippen molar-refractivity contribution in [2.24, 2.45) is 0 Å². The molecule has 0 atom stereocenters. The number of benzene rings is 1. The summed E-state index contributed by atoms with van der Waals surface area (Å²) in [5, 5.41) is 3.67. The molecule has 2 rings (SSSR count). The van der Waals surface area contributed by atoms with Crippen molar-refractivity contribution in [3.8, 4) is 0 Å². The lowest BCUT2D eigenvalue weighted by molar-refractivity contribution is 0.109. The number of aryl methyl sites for hydroxylation is 1. The second-order valence-corrected chi connectivity index (χ2v) is 3.90. The van der Waals surface area contributed by atoms with E-state index in [1.165, 1.54) is 11.5 Å². The number of hydrogen-bond acceptors (Lipinski definition) is 4. The molecule has 0 unspecified atom stereocenters. The van der Waals surface area contributed by atoms with E-state index in [9.17, 15) is 4.79 Å². The lowest BCUT2D eigenvalue weighted by Gasteiger charge is -1.97. The fourth-order valence-electron chi connectivity index (χ4n) is 1.19. The number of fused-ring (bicyclic) bond motifs is 1. The molecule has 0 bridgehead atoms. The van der Waals surface area contributed by atoms with Gasteiger partial charge in [-0.2, -0.15) is 0 Å². The van der Waals surface area contributed by atoms with Gasteiger partial charge in [0.1, 0.15) is 5.52 Å². The van der Waals surface area contributed by atoms with Crippen LogP contribution in [0.2, 0.25) is 0 Å². The Bertz CT molecular complexity index is 478. The third kappa shape index (κ3) is 1.45. The van der Waals surface area contributed by atoms with Crippen molar-refractivity contribution in [1.82, 2.24) is 9.59 Å². The third-order valence-corrected chi connectivity index (χ3v) is 2.74. The lowest BCUT2D eigenvalue weighted by atomic mass is 10.1. The largest absolute Gasteiger partial charge is 0.282 e. The zero-order chi connectivity index (χ0) is 9.42. The molecule has 0 N–H and O–H groups in total. The van der Waals surface area contributed by atoms with Crippen LogP contribution < -0.4 is 0 Å². The molecule has 3 nitrogen and oxygen atoms in total. The highest BCUT2D eigenvalue weighted by Gasteiger charge is 2.10. The van der Waals surface area contributed by atoms with Crippen LogP contribution in [0, 0.1) is 6.92 Å². The number of thiol groups is 1. The molecule has 1 heterocycles. The topological polar surface area (TPSA) is 42.9 Å². The molecule has 0 spiro atoms. The first-order valence-electron chi connectivity index (χ1n) is 3.64. The van der Waals surface area contributed by atoms with Crippen molar-refractivity contribution in [2.75, 3.05) is 0 Å². The molecule has 0 amide bonds. The predicted octanol–water partition coefficient (Wildman–Crippen LogP) is 2.07. The van der Waals surface area contributed by atoms with Crippen LogP contribution in [0.5, 0.6) is 0 Å². The van der Waals surface area contributed by atoms with Gasteiger partial charge in [-0.05, 0) is 36.2 Å². The quantitative estimate of drug-likeness (QED) is 0.733. The molecule has 0 saturated heterocycles. The lowest BCUT2D eigenvalue weighted by Crippen LogP contribution is -1.90. The maximum absolute atomic E-state index is 11.1. The summed E-state index contributed by atoms with van der Waals surface area (Å²) in [5.41, 5.74) is 2.35. The Kier molecular flexibility index (Phi) is 2.05. The molecule has 0 aliphatic carbocycles. The highest BCUT2D eigenvalue weighted by Crippen LogP contribution is 2.23. The SMILES string of the molecule is Cc1cc(C(=O)S)c2snnc2c1. The van der Waals surface area contributed by atoms with Crippen molar-refractivity contribution in [2.45, 2.75) is 6.92 Å². The normalized spacial score (nSPS) is 10.6. The first-order valence-corrected chi connectivity index (χ1v) is 4.86. The summed E-state index contributed by atoms with van der Waals surface area (Å²) < 4.78 is 4.60. The van der Waals surface area contributed by atoms with Crippen LogP contribution in [0.15, 0.2) is 12.1 Å². The van der Waals surface area contributed by atoms with Crippen LogP contribution in [0.3, 0.4) is 0 Å². The minimum absolute atomic E-state index is 0.236. The summed E-state index contributed by atoms with van der Waals surface area (Å²) in [4.78, 5) is 11.1. The monoisotopic (exact) mass is 210 g/mol. The molecule has 1 aromatic heterocycles. The first-order chi connectivity index (χ1) is 6.18. The average molecular weight is 210 g/mol. The molecule has 2 aromatic rings. The molecule has 0 aliphatic rings.